The van der Waals surface area contributed by atoms with Crippen LogP contribution in [0.1, 0.15) is 24.1 Å². The van der Waals surface area contributed by atoms with Gasteiger partial charge in [-0.2, -0.15) is 0 Å². The molecular formula is C25H25N3O2. The number of nitrogens with zero attached hydrogens (tertiary/aromatic N) is 2. The number of aromatic nitrogens is 2. The zero-order valence-corrected chi connectivity index (χ0v) is 17.4. The van der Waals surface area contributed by atoms with Crippen LogP contribution in [0.3, 0.4) is 0 Å². The van der Waals surface area contributed by atoms with Crippen LogP contribution in [0.4, 0.5) is 0 Å². The van der Waals surface area contributed by atoms with Crippen molar-refractivity contribution in [2.45, 2.75) is 19.5 Å². The molecule has 5 nitrogen and oxygen atoms in total. The third-order valence-electron chi connectivity index (χ3n) is 5.25. The average molecular weight is 399 g/mol. The Morgan fingerprint density at radius 1 is 0.867 bits per heavy atom. The predicted octanol–water partition coefficient (Wildman–Crippen LogP) is 5.16. The predicted molar refractivity (Wildman–Crippen MR) is 120 cm³/mol. The van der Waals surface area contributed by atoms with E-state index in [0.717, 1.165) is 40.2 Å². The molecule has 0 aliphatic heterocycles. The highest BCUT2D eigenvalue weighted by molar-refractivity contribution is 5.83. The van der Waals surface area contributed by atoms with E-state index in [1.165, 1.54) is 11.1 Å². The minimum absolute atomic E-state index is 0.196. The molecule has 1 aromatic heterocycles. The molecule has 0 bridgehead atoms. The number of rotatable bonds is 7. The Morgan fingerprint density at radius 2 is 1.70 bits per heavy atom. The van der Waals surface area contributed by atoms with Gasteiger partial charge in [-0.25, -0.2) is 0 Å². The van der Waals surface area contributed by atoms with Crippen LogP contribution in [0.5, 0.6) is 11.5 Å². The summed E-state index contributed by atoms with van der Waals surface area (Å²) < 4.78 is 11.0. The van der Waals surface area contributed by atoms with Crippen molar-refractivity contribution in [1.82, 2.24) is 15.3 Å². The maximum atomic E-state index is 5.62. The summed E-state index contributed by atoms with van der Waals surface area (Å²) in [4.78, 5) is 8.78. The number of fused-ring (bicyclic) bond motifs is 1. The van der Waals surface area contributed by atoms with Gasteiger partial charge in [-0.1, -0.05) is 24.3 Å². The van der Waals surface area contributed by atoms with Crippen molar-refractivity contribution < 1.29 is 9.47 Å². The van der Waals surface area contributed by atoms with E-state index in [0.29, 0.717) is 0 Å². The largest absolute Gasteiger partial charge is 0.497 e. The van der Waals surface area contributed by atoms with Gasteiger partial charge in [0, 0.05) is 30.5 Å². The molecule has 0 saturated heterocycles. The van der Waals surface area contributed by atoms with E-state index in [4.69, 9.17) is 9.47 Å². The van der Waals surface area contributed by atoms with Gasteiger partial charge in [-0.15, -0.1) is 0 Å². The van der Waals surface area contributed by atoms with Crippen LogP contribution >= 0.6 is 0 Å². The summed E-state index contributed by atoms with van der Waals surface area (Å²) in [6.07, 6.45) is 3.42. The molecule has 0 fully saturated rings. The summed E-state index contributed by atoms with van der Waals surface area (Å²) in [5.74, 6) is 1.70. The Kier molecular flexibility index (Phi) is 5.91. The van der Waals surface area contributed by atoms with E-state index in [1.807, 2.05) is 24.3 Å². The second-order valence-electron chi connectivity index (χ2n) is 7.17. The first kappa shape index (κ1) is 19.9. The molecule has 0 amide bonds. The molecule has 0 unspecified atom stereocenters. The molecule has 152 valence electrons. The van der Waals surface area contributed by atoms with Crippen molar-refractivity contribution in [2.75, 3.05) is 14.2 Å². The highest BCUT2D eigenvalue weighted by Gasteiger charge is 2.11. The normalized spacial score (nSPS) is 12.0. The first-order chi connectivity index (χ1) is 14.7. The topological polar surface area (TPSA) is 56.3 Å². The number of benzene rings is 3. The van der Waals surface area contributed by atoms with E-state index >= 15 is 0 Å². The molecule has 1 atom stereocenters. The van der Waals surface area contributed by atoms with Crippen molar-refractivity contribution in [3.8, 4) is 22.6 Å². The van der Waals surface area contributed by atoms with Crippen LogP contribution in [0.15, 0.2) is 73.1 Å². The molecule has 0 aliphatic carbocycles. The van der Waals surface area contributed by atoms with E-state index in [-0.39, 0.29) is 6.04 Å². The Balaban J connectivity index is 1.57. The smallest absolute Gasteiger partial charge is 0.126 e. The van der Waals surface area contributed by atoms with Gasteiger partial charge < -0.3 is 14.8 Å². The fraction of sp³-hybridized carbons (Fsp3) is 0.200. The molecule has 30 heavy (non-hydrogen) atoms. The van der Waals surface area contributed by atoms with Gasteiger partial charge in [-0.05, 0) is 60.0 Å². The van der Waals surface area contributed by atoms with Crippen molar-refractivity contribution >= 4 is 11.0 Å². The molecule has 0 aliphatic rings. The Morgan fingerprint density at radius 3 is 2.50 bits per heavy atom. The quantitative estimate of drug-likeness (QED) is 0.465. The summed E-state index contributed by atoms with van der Waals surface area (Å²) in [6, 6.07) is 20.7. The first-order valence-corrected chi connectivity index (χ1v) is 9.93. The van der Waals surface area contributed by atoms with E-state index in [2.05, 4.69) is 58.6 Å². The molecule has 4 aromatic rings. The average Bonchev–Trinajstić information content (AvgIpc) is 2.82. The Hall–Kier alpha value is -3.44. The fourth-order valence-electron chi connectivity index (χ4n) is 3.52. The number of nitrogens with one attached hydrogen (secondary N) is 1. The standard InChI is InChI=1S/C25H25N3O2/c1-17(19-5-4-6-21(14-19)29-2)28-16-18-7-10-25(30-3)22(13-18)20-8-9-23-24(15-20)27-12-11-26-23/h4-15,17,28H,16H2,1-3H3/t17-/m1/s1. The van der Waals surface area contributed by atoms with Crippen molar-refractivity contribution in [2.24, 2.45) is 0 Å². The minimum Gasteiger partial charge on any atom is -0.497 e. The maximum Gasteiger partial charge on any atom is 0.126 e. The number of hydrogen-bond acceptors (Lipinski definition) is 5. The molecule has 1 heterocycles. The minimum atomic E-state index is 0.196. The third kappa shape index (κ3) is 4.26. The van der Waals surface area contributed by atoms with E-state index in [1.54, 1.807) is 26.6 Å². The molecule has 1 N–H and O–H groups in total. The van der Waals surface area contributed by atoms with Crippen LogP contribution in [0.2, 0.25) is 0 Å². The zero-order valence-electron chi connectivity index (χ0n) is 17.4. The molecular weight excluding hydrogens is 374 g/mol. The molecule has 0 radical (unpaired) electrons. The number of ether oxygens (including phenoxy) is 2. The van der Waals surface area contributed by atoms with E-state index in [9.17, 15) is 0 Å². The second-order valence-corrected chi connectivity index (χ2v) is 7.17. The van der Waals surface area contributed by atoms with Gasteiger partial charge in [0.25, 0.3) is 0 Å². The van der Waals surface area contributed by atoms with E-state index < -0.39 is 0 Å². The maximum absolute atomic E-state index is 5.62. The van der Waals surface area contributed by atoms with Crippen LogP contribution < -0.4 is 14.8 Å². The van der Waals surface area contributed by atoms with Crippen LogP contribution in [-0.2, 0) is 6.54 Å². The third-order valence-corrected chi connectivity index (χ3v) is 5.25. The molecule has 4 rings (SSSR count). The van der Waals surface area contributed by atoms with Gasteiger partial charge >= 0.3 is 0 Å². The van der Waals surface area contributed by atoms with Crippen LogP contribution in [0, 0.1) is 0 Å². The van der Waals surface area contributed by atoms with Gasteiger partial charge in [0.1, 0.15) is 11.5 Å². The highest BCUT2D eigenvalue weighted by Crippen LogP contribution is 2.32. The lowest BCUT2D eigenvalue weighted by Gasteiger charge is -2.16. The molecule has 3 aromatic carbocycles. The highest BCUT2D eigenvalue weighted by atomic mass is 16.5. The van der Waals surface area contributed by atoms with Crippen molar-refractivity contribution in [1.29, 1.82) is 0 Å². The number of methoxy groups -OCH3 is 2. The van der Waals surface area contributed by atoms with Crippen LogP contribution in [-0.4, -0.2) is 24.2 Å². The van der Waals surface area contributed by atoms with Crippen molar-refractivity contribution in [3.63, 3.8) is 0 Å². The lowest BCUT2D eigenvalue weighted by Crippen LogP contribution is -2.18. The SMILES string of the molecule is COc1cccc([C@@H](C)NCc2ccc(OC)c(-c3ccc4nccnc4c3)c2)c1. The Bertz CT molecular complexity index is 1160. The summed E-state index contributed by atoms with van der Waals surface area (Å²) in [7, 11) is 3.39. The summed E-state index contributed by atoms with van der Waals surface area (Å²) >= 11 is 0. The molecule has 5 heteroatoms. The summed E-state index contributed by atoms with van der Waals surface area (Å²) in [6.45, 7) is 2.89. The summed E-state index contributed by atoms with van der Waals surface area (Å²) in [5.41, 5.74) is 6.22. The van der Waals surface area contributed by atoms with Gasteiger partial charge in [0.2, 0.25) is 0 Å². The first-order valence-electron chi connectivity index (χ1n) is 9.93. The van der Waals surface area contributed by atoms with Gasteiger partial charge in [-0.3, -0.25) is 9.97 Å². The Labute approximate surface area is 176 Å². The molecule has 0 spiro atoms. The lowest BCUT2D eigenvalue weighted by atomic mass is 10.0. The van der Waals surface area contributed by atoms with Gasteiger partial charge in [0.05, 0.1) is 25.3 Å². The fourth-order valence-corrected chi connectivity index (χ4v) is 3.52. The second kappa shape index (κ2) is 8.93. The van der Waals surface area contributed by atoms with Crippen LogP contribution in [0.25, 0.3) is 22.2 Å². The summed E-state index contributed by atoms with van der Waals surface area (Å²) in [5, 5.41) is 3.59. The van der Waals surface area contributed by atoms with Crippen molar-refractivity contribution in [3.05, 3.63) is 84.2 Å². The zero-order chi connectivity index (χ0) is 20.9. The van der Waals surface area contributed by atoms with Gasteiger partial charge in [0.15, 0.2) is 0 Å². The lowest BCUT2D eigenvalue weighted by molar-refractivity contribution is 0.413. The monoisotopic (exact) mass is 399 g/mol. The molecule has 0 saturated carbocycles. The number of hydrogen-bond donors (Lipinski definition) is 1.